The number of aliphatic carboxylic acids is 1. The number of hydrogen-bond acceptors (Lipinski definition) is 4. The molecule has 90 valence electrons. The second-order valence-electron chi connectivity index (χ2n) is 3.47. The first-order valence-electron chi connectivity index (χ1n) is 4.99. The Morgan fingerprint density at radius 2 is 1.88 bits per heavy atom. The van der Waals surface area contributed by atoms with Crippen LogP contribution in [0.25, 0.3) is 0 Å². The van der Waals surface area contributed by atoms with Crippen molar-refractivity contribution in [1.82, 2.24) is 0 Å². The highest BCUT2D eigenvalue weighted by Gasteiger charge is 2.06. The number of carboxylic acids is 1. The molecule has 5 nitrogen and oxygen atoms in total. The van der Waals surface area contributed by atoms with Gasteiger partial charge in [-0.3, -0.25) is 9.59 Å². The van der Waals surface area contributed by atoms with Crippen molar-refractivity contribution in [1.29, 1.82) is 0 Å². The fourth-order valence-corrected chi connectivity index (χ4v) is 0.988. The molecule has 0 bridgehead atoms. The van der Waals surface area contributed by atoms with E-state index >= 15 is 0 Å². The number of rotatable bonds is 8. The van der Waals surface area contributed by atoms with Gasteiger partial charge in [-0.05, 0) is 26.2 Å². The molecular formula is C11H16O5. The van der Waals surface area contributed by atoms with E-state index in [-0.39, 0.29) is 24.4 Å². The lowest BCUT2D eigenvalue weighted by Crippen LogP contribution is -2.09. The lowest BCUT2D eigenvalue weighted by Gasteiger charge is -2.03. The van der Waals surface area contributed by atoms with Gasteiger partial charge in [0.1, 0.15) is 12.2 Å². The average molecular weight is 228 g/mol. The Morgan fingerprint density at radius 1 is 1.25 bits per heavy atom. The number of ketones is 1. The van der Waals surface area contributed by atoms with E-state index in [9.17, 15) is 14.4 Å². The molecular weight excluding hydrogens is 212 g/mol. The Labute approximate surface area is 94.1 Å². The molecule has 0 rings (SSSR count). The summed E-state index contributed by atoms with van der Waals surface area (Å²) in [7, 11) is 0. The molecule has 0 unspecified atom stereocenters. The van der Waals surface area contributed by atoms with Gasteiger partial charge in [0.2, 0.25) is 0 Å². The van der Waals surface area contributed by atoms with E-state index in [4.69, 9.17) is 9.84 Å². The molecule has 0 amide bonds. The minimum absolute atomic E-state index is 0.148. The molecule has 0 aliphatic heterocycles. The van der Waals surface area contributed by atoms with E-state index in [1.54, 1.807) is 0 Å². The Morgan fingerprint density at radius 3 is 2.38 bits per heavy atom. The Balaban J connectivity index is 3.47. The van der Waals surface area contributed by atoms with Gasteiger partial charge in [-0.25, -0.2) is 4.79 Å². The molecule has 0 aromatic heterocycles. The van der Waals surface area contributed by atoms with Crippen LogP contribution < -0.4 is 0 Å². The third-order valence-electron chi connectivity index (χ3n) is 1.83. The Kier molecular flexibility index (Phi) is 6.83. The van der Waals surface area contributed by atoms with Gasteiger partial charge in [-0.2, -0.15) is 0 Å². The van der Waals surface area contributed by atoms with Gasteiger partial charge < -0.3 is 9.84 Å². The van der Waals surface area contributed by atoms with Crippen LogP contribution in [-0.2, 0) is 19.1 Å². The number of ether oxygens (including phenoxy) is 1. The first kappa shape index (κ1) is 14.3. The van der Waals surface area contributed by atoms with Crippen molar-refractivity contribution < 1.29 is 24.2 Å². The summed E-state index contributed by atoms with van der Waals surface area (Å²) < 4.78 is 4.76. The Bertz CT molecular complexity index is 293. The fourth-order valence-electron chi connectivity index (χ4n) is 0.988. The second kappa shape index (κ2) is 7.62. The maximum absolute atomic E-state index is 10.9. The SMILES string of the molecule is C=C(CCCCOC(=O)CC(C)=O)C(=O)O. The standard InChI is InChI=1S/C11H16O5/c1-8(11(14)15)5-3-4-6-16-10(13)7-9(2)12/h1,3-7H2,2H3,(H,14,15). The van der Waals surface area contributed by atoms with Crippen LogP contribution in [0.5, 0.6) is 0 Å². The van der Waals surface area contributed by atoms with Crippen molar-refractivity contribution in [3.8, 4) is 0 Å². The van der Waals surface area contributed by atoms with Gasteiger partial charge in [-0.15, -0.1) is 0 Å². The van der Waals surface area contributed by atoms with Crippen molar-refractivity contribution in [2.75, 3.05) is 6.61 Å². The number of carboxylic acid groups (broad SMARTS) is 1. The lowest BCUT2D eigenvalue weighted by atomic mass is 10.1. The summed E-state index contributed by atoms with van der Waals surface area (Å²) in [5, 5.41) is 8.50. The molecule has 0 aliphatic rings. The highest BCUT2D eigenvalue weighted by Crippen LogP contribution is 2.05. The zero-order chi connectivity index (χ0) is 12.6. The largest absolute Gasteiger partial charge is 0.478 e. The molecule has 0 spiro atoms. The molecule has 1 N–H and O–H groups in total. The molecule has 0 fully saturated rings. The summed E-state index contributed by atoms with van der Waals surface area (Å²) in [6.07, 6.45) is 1.33. The van der Waals surface area contributed by atoms with Gasteiger partial charge in [0, 0.05) is 5.57 Å². The normalized spacial score (nSPS) is 9.56. The summed E-state index contributed by atoms with van der Waals surface area (Å²) in [5.74, 6) is -1.78. The van der Waals surface area contributed by atoms with Crippen LogP contribution in [0.4, 0.5) is 0 Å². The van der Waals surface area contributed by atoms with Crippen LogP contribution in [0.1, 0.15) is 32.6 Å². The van der Waals surface area contributed by atoms with Gasteiger partial charge in [0.05, 0.1) is 6.61 Å². The van der Waals surface area contributed by atoms with E-state index in [0.29, 0.717) is 19.3 Å². The average Bonchev–Trinajstić information content (AvgIpc) is 2.15. The molecule has 0 aliphatic carbocycles. The number of unbranched alkanes of at least 4 members (excludes halogenated alkanes) is 1. The molecule has 0 heterocycles. The van der Waals surface area contributed by atoms with Gasteiger partial charge in [0.15, 0.2) is 0 Å². The molecule has 16 heavy (non-hydrogen) atoms. The molecule has 0 radical (unpaired) electrons. The Hall–Kier alpha value is -1.65. The predicted octanol–water partition coefficient (Wildman–Crippen LogP) is 1.32. The number of esters is 1. The zero-order valence-corrected chi connectivity index (χ0v) is 9.32. The minimum Gasteiger partial charge on any atom is -0.478 e. The molecule has 0 aromatic carbocycles. The zero-order valence-electron chi connectivity index (χ0n) is 9.32. The number of carbonyl (C=O) groups is 3. The van der Waals surface area contributed by atoms with E-state index in [1.165, 1.54) is 6.92 Å². The third-order valence-corrected chi connectivity index (χ3v) is 1.83. The highest BCUT2D eigenvalue weighted by molar-refractivity contribution is 5.94. The van der Waals surface area contributed by atoms with Crippen LogP contribution in [0.3, 0.4) is 0 Å². The summed E-state index contributed by atoms with van der Waals surface area (Å²) >= 11 is 0. The van der Waals surface area contributed by atoms with Crippen molar-refractivity contribution in [3.63, 3.8) is 0 Å². The van der Waals surface area contributed by atoms with Crippen molar-refractivity contribution in [2.45, 2.75) is 32.6 Å². The molecule has 0 atom stereocenters. The van der Waals surface area contributed by atoms with Crippen LogP contribution in [0.15, 0.2) is 12.2 Å². The van der Waals surface area contributed by atoms with Crippen LogP contribution >= 0.6 is 0 Å². The van der Waals surface area contributed by atoms with Gasteiger partial charge >= 0.3 is 11.9 Å². The fraction of sp³-hybridized carbons (Fsp3) is 0.545. The third kappa shape index (κ3) is 7.73. The van der Waals surface area contributed by atoms with Crippen molar-refractivity contribution in [2.24, 2.45) is 0 Å². The molecule has 5 heteroatoms. The topological polar surface area (TPSA) is 80.7 Å². The van der Waals surface area contributed by atoms with Crippen molar-refractivity contribution >= 4 is 17.7 Å². The van der Waals surface area contributed by atoms with Gasteiger partial charge in [-0.1, -0.05) is 6.58 Å². The summed E-state index contributed by atoms with van der Waals surface area (Å²) in [5.41, 5.74) is 0.148. The summed E-state index contributed by atoms with van der Waals surface area (Å²) in [6.45, 7) is 4.90. The number of Topliss-reactive ketones (excluding diaryl/α,β-unsaturated/α-hetero) is 1. The van der Waals surface area contributed by atoms with E-state index in [2.05, 4.69) is 6.58 Å². The maximum Gasteiger partial charge on any atom is 0.330 e. The first-order valence-corrected chi connectivity index (χ1v) is 4.99. The van der Waals surface area contributed by atoms with E-state index < -0.39 is 11.9 Å². The van der Waals surface area contributed by atoms with Crippen molar-refractivity contribution in [3.05, 3.63) is 12.2 Å². The minimum atomic E-state index is -1.01. The molecule has 0 saturated carbocycles. The number of carbonyl (C=O) groups excluding carboxylic acids is 2. The van der Waals surface area contributed by atoms with E-state index in [0.717, 1.165) is 0 Å². The summed E-state index contributed by atoms with van der Waals surface area (Å²) in [4.78, 5) is 31.8. The smallest absolute Gasteiger partial charge is 0.330 e. The van der Waals surface area contributed by atoms with Crippen LogP contribution in [0, 0.1) is 0 Å². The monoisotopic (exact) mass is 228 g/mol. The van der Waals surface area contributed by atoms with E-state index in [1.807, 2.05) is 0 Å². The lowest BCUT2D eigenvalue weighted by molar-refractivity contribution is -0.146. The second-order valence-corrected chi connectivity index (χ2v) is 3.47. The molecule has 0 saturated heterocycles. The predicted molar refractivity (Wildman–Crippen MR) is 56.9 cm³/mol. The first-order chi connectivity index (χ1) is 7.43. The van der Waals surface area contributed by atoms with Crippen LogP contribution in [0.2, 0.25) is 0 Å². The maximum atomic E-state index is 10.9. The van der Waals surface area contributed by atoms with Crippen LogP contribution in [-0.4, -0.2) is 29.4 Å². The summed E-state index contributed by atoms with van der Waals surface area (Å²) in [6, 6.07) is 0. The quantitative estimate of drug-likeness (QED) is 0.293. The number of hydrogen-bond donors (Lipinski definition) is 1. The highest BCUT2D eigenvalue weighted by atomic mass is 16.5. The molecule has 0 aromatic rings. The van der Waals surface area contributed by atoms with Gasteiger partial charge in [0.25, 0.3) is 0 Å².